The van der Waals surface area contributed by atoms with E-state index in [0.29, 0.717) is 12.5 Å². The van der Waals surface area contributed by atoms with Gasteiger partial charge in [0, 0.05) is 6.04 Å². The number of hydrogen-bond donors (Lipinski definition) is 1. The third-order valence-electron chi connectivity index (χ3n) is 0.860. The van der Waals surface area contributed by atoms with Crippen molar-refractivity contribution in [3.63, 3.8) is 0 Å². The van der Waals surface area contributed by atoms with Crippen molar-refractivity contribution in [3.05, 3.63) is 0 Å². The van der Waals surface area contributed by atoms with Crippen molar-refractivity contribution >= 4 is 6.47 Å². The second-order valence-electron chi connectivity index (χ2n) is 1.61. The molecule has 0 spiro atoms. The Kier molecular flexibility index (Phi) is 4.56. The predicted octanol–water partition coefficient (Wildman–Crippen LogP) is -3.06. The van der Waals surface area contributed by atoms with Crippen LogP contribution in [-0.4, -0.2) is 12.5 Å². The molecule has 0 unspecified atom stereocenters. The smallest absolute Gasteiger partial charge is 1.00 e. The van der Waals surface area contributed by atoms with Crippen molar-refractivity contribution in [2.75, 3.05) is 0 Å². The Labute approximate surface area is 71.5 Å². The van der Waals surface area contributed by atoms with Gasteiger partial charge in [-0.3, -0.25) is 4.79 Å². The maximum absolute atomic E-state index is 9.45. The van der Waals surface area contributed by atoms with Crippen molar-refractivity contribution in [1.29, 1.82) is 0 Å². The summed E-state index contributed by atoms with van der Waals surface area (Å²) in [5.74, 6) is 0. The Morgan fingerprint density at radius 2 is 2.38 bits per heavy atom. The van der Waals surface area contributed by atoms with Gasteiger partial charge in [0.1, 0.15) is 0 Å². The quantitative estimate of drug-likeness (QED) is 0.247. The minimum absolute atomic E-state index is 0. The summed E-state index contributed by atoms with van der Waals surface area (Å²) >= 11 is 0. The van der Waals surface area contributed by atoms with Gasteiger partial charge in [0.25, 0.3) is 0 Å². The molecule has 3 nitrogen and oxygen atoms in total. The largest absolute Gasteiger partial charge is 1.00 e. The van der Waals surface area contributed by atoms with Crippen LogP contribution in [-0.2, 0) is 9.63 Å². The minimum Gasteiger partial charge on any atom is -1.00 e. The van der Waals surface area contributed by atoms with E-state index in [2.05, 4.69) is 10.3 Å². The first kappa shape index (κ1) is 8.43. The van der Waals surface area contributed by atoms with Crippen LogP contribution in [0.15, 0.2) is 0 Å². The van der Waals surface area contributed by atoms with Crippen molar-refractivity contribution < 1.29 is 40.6 Å². The van der Waals surface area contributed by atoms with Crippen molar-refractivity contribution in [1.82, 2.24) is 5.48 Å². The van der Waals surface area contributed by atoms with Gasteiger partial charge in [-0.2, -0.15) is 5.48 Å². The maximum Gasteiger partial charge on any atom is 1.00 e. The first-order chi connectivity index (χ1) is 3.43. The second-order valence-corrected chi connectivity index (χ2v) is 1.61. The van der Waals surface area contributed by atoms with E-state index in [1.807, 2.05) is 0 Å². The van der Waals surface area contributed by atoms with Gasteiger partial charge in [0.15, 0.2) is 0 Å². The summed E-state index contributed by atoms with van der Waals surface area (Å²) in [5, 5.41) is 0. The Morgan fingerprint density at radius 1 is 1.75 bits per heavy atom. The molecule has 1 saturated carbocycles. The Morgan fingerprint density at radius 3 is 2.75 bits per heavy atom. The Hall–Kier alpha value is 0.430. The minimum atomic E-state index is 0. The molecule has 0 bridgehead atoms. The van der Waals surface area contributed by atoms with Crippen LogP contribution in [0, 0.1) is 0 Å². The molecular formula is C4H8NNaO2. The van der Waals surface area contributed by atoms with Crippen LogP contribution in [0.4, 0.5) is 0 Å². The number of carbonyl (C=O) groups excluding carboxylic acids is 1. The molecule has 1 N–H and O–H groups in total. The van der Waals surface area contributed by atoms with Crippen LogP contribution >= 0.6 is 0 Å². The number of hydrogen-bond acceptors (Lipinski definition) is 3. The zero-order valence-electron chi connectivity index (χ0n) is 5.89. The zero-order chi connectivity index (χ0) is 5.11. The molecule has 4 heteroatoms. The molecule has 0 aromatic rings. The van der Waals surface area contributed by atoms with Crippen LogP contribution < -0.4 is 35.0 Å². The molecule has 0 saturated heterocycles. The molecule has 1 fully saturated rings. The molecule has 1 aliphatic rings. The third kappa shape index (κ3) is 3.43. The molecule has 1 aliphatic carbocycles. The molecule has 0 aromatic carbocycles. The molecule has 0 atom stereocenters. The van der Waals surface area contributed by atoms with Crippen LogP contribution in [0.3, 0.4) is 0 Å². The fourth-order valence-electron chi connectivity index (χ4n) is 0.325. The average Bonchev–Trinajstić information content (AvgIpc) is 2.42. The van der Waals surface area contributed by atoms with Gasteiger partial charge in [0.2, 0.25) is 0 Å². The first-order valence-corrected chi connectivity index (χ1v) is 2.28. The maximum atomic E-state index is 9.45. The molecule has 0 aliphatic heterocycles. The Bertz CT molecular complexity index is 79.0. The number of carbonyl (C=O) groups is 1. The second kappa shape index (κ2) is 4.32. The number of nitrogens with one attached hydrogen (secondary N) is 1. The van der Waals surface area contributed by atoms with Crippen LogP contribution in [0.5, 0.6) is 0 Å². The van der Waals surface area contributed by atoms with Gasteiger partial charge >= 0.3 is 36.0 Å². The molecule has 0 aromatic heterocycles. The molecule has 8 heavy (non-hydrogen) atoms. The topological polar surface area (TPSA) is 38.3 Å². The van der Waals surface area contributed by atoms with Crippen LogP contribution in [0.25, 0.3) is 0 Å². The van der Waals surface area contributed by atoms with E-state index in [0.717, 1.165) is 12.8 Å². The van der Waals surface area contributed by atoms with Gasteiger partial charge < -0.3 is 6.26 Å². The van der Waals surface area contributed by atoms with Gasteiger partial charge in [-0.25, -0.2) is 0 Å². The van der Waals surface area contributed by atoms with Crippen LogP contribution in [0.2, 0.25) is 0 Å². The van der Waals surface area contributed by atoms with Crippen molar-refractivity contribution in [3.8, 4) is 0 Å². The zero-order valence-corrected chi connectivity index (χ0v) is 6.89. The molecule has 0 amide bonds. The summed E-state index contributed by atoms with van der Waals surface area (Å²) < 4.78 is 0. The molecule has 0 heterocycles. The van der Waals surface area contributed by atoms with Crippen LogP contribution in [0.1, 0.15) is 14.3 Å². The SMILES string of the molecule is O=CONC1CC1.[H-].[Na+]. The van der Waals surface area contributed by atoms with E-state index in [-0.39, 0.29) is 31.0 Å². The number of rotatable bonds is 3. The fourth-order valence-corrected chi connectivity index (χ4v) is 0.325. The summed E-state index contributed by atoms with van der Waals surface area (Å²) in [7, 11) is 0. The monoisotopic (exact) mass is 125 g/mol. The van der Waals surface area contributed by atoms with Crippen molar-refractivity contribution in [2.24, 2.45) is 0 Å². The van der Waals surface area contributed by atoms with E-state index in [1.54, 1.807) is 0 Å². The predicted molar refractivity (Wildman–Crippen MR) is 24.4 cm³/mol. The van der Waals surface area contributed by atoms with E-state index >= 15 is 0 Å². The van der Waals surface area contributed by atoms with Gasteiger partial charge in [-0.15, -0.1) is 0 Å². The van der Waals surface area contributed by atoms with E-state index in [4.69, 9.17) is 0 Å². The third-order valence-corrected chi connectivity index (χ3v) is 0.860. The average molecular weight is 125 g/mol. The summed E-state index contributed by atoms with van der Waals surface area (Å²) in [6.45, 7) is 0.401. The summed E-state index contributed by atoms with van der Waals surface area (Å²) in [5.41, 5.74) is 2.54. The molecule has 0 radical (unpaired) electrons. The Balaban J connectivity index is 0. The standard InChI is InChI=1S/C4H7NO2.Na.H/c6-3-7-5-4-1-2-4;;/h3-5H,1-2H2;;/q;+1;-1. The normalized spacial score (nSPS) is 16.5. The first-order valence-electron chi connectivity index (χ1n) is 2.28. The molecular weight excluding hydrogens is 117 g/mol. The van der Waals surface area contributed by atoms with Crippen molar-refractivity contribution in [2.45, 2.75) is 18.9 Å². The van der Waals surface area contributed by atoms with E-state index < -0.39 is 0 Å². The van der Waals surface area contributed by atoms with E-state index in [9.17, 15) is 4.79 Å². The van der Waals surface area contributed by atoms with Gasteiger partial charge in [-0.05, 0) is 12.8 Å². The molecule has 1 rings (SSSR count). The summed E-state index contributed by atoms with van der Waals surface area (Å²) in [6, 6.07) is 0.449. The number of hydroxylamine groups is 1. The summed E-state index contributed by atoms with van der Waals surface area (Å²) in [6.07, 6.45) is 2.27. The van der Waals surface area contributed by atoms with Gasteiger partial charge in [-0.1, -0.05) is 0 Å². The molecule has 42 valence electrons. The fraction of sp³-hybridized carbons (Fsp3) is 0.750. The van der Waals surface area contributed by atoms with E-state index in [1.165, 1.54) is 0 Å². The summed E-state index contributed by atoms with van der Waals surface area (Å²) in [4.78, 5) is 13.7. The van der Waals surface area contributed by atoms with Gasteiger partial charge in [0.05, 0.1) is 0 Å².